The average molecular weight is 514 g/mol. The molecular formula is C28H34F3N5O. The third-order valence-corrected chi connectivity index (χ3v) is 6.92. The fourth-order valence-electron chi connectivity index (χ4n) is 4.89. The Labute approximate surface area is 216 Å². The number of halogens is 3. The minimum Gasteiger partial charge on any atom is -0.370 e. The minimum atomic E-state index is -4.42. The summed E-state index contributed by atoms with van der Waals surface area (Å²) in [6, 6.07) is 9.41. The maximum absolute atomic E-state index is 13.8. The highest BCUT2D eigenvalue weighted by atomic mass is 19.4. The molecule has 37 heavy (non-hydrogen) atoms. The van der Waals surface area contributed by atoms with Crippen molar-refractivity contribution in [2.45, 2.75) is 58.7 Å². The number of rotatable bonds is 6. The van der Waals surface area contributed by atoms with Crippen LogP contribution in [0.1, 0.15) is 62.4 Å². The van der Waals surface area contributed by atoms with E-state index in [-0.39, 0.29) is 24.6 Å². The number of pyridine rings is 1. The van der Waals surface area contributed by atoms with E-state index in [1.54, 1.807) is 18.5 Å². The summed E-state index contributed by atoms with van der Waals surface area (Å²) in [5, 5.41) is 3.01. The molecule has 1 atom stereocenters. The Bertz CT molecular complexity index is 1230. The number of alkyl halides is 3. The molecule has 1 aliphatic carbocycles. The van der Waals surface area contributed by atoms with Crippen molar-refractivity contribution in [2.24, 2.45) is 5.41 Å². The molecule has 2 aliphatic rings. The number of likely N-dealkylation sites (tertiary alicyclic amines) is 1. The molecule has 1 amide bonds. The number of carbonyl (C=O) groups excluding carboxylic acids is 1. The van der Waals surface area contributed by atoms with E-state index in [1.807, 2.05) is 43.9 Å². The van der Waals surface area contributed by atoms with Gasteiger partial charge in [-0.1, -0.05) is 31.5 Å². The highest BCUT2D eigenvalue weighted by molar-refractivity contribution is 6.00. The summed E-state index contributed by atoms with van der Waals surface area (Å²) in [5.41, 5.74) is 1.68. The standard InChI is InChI=1S/C26H26F3N5O.C2H6.H2/c1-17-3-4-20(23-32-9-2-10-33-23)21(13-17)24(35)34-16-25(7-8-25)15-19(34)6-12-31-22-14-18(5-11-30-22)26(27,28)29;1-2;/h2-5,9-11,13-14,19H,6-8,12,15-16H2,1H3,(H,30,31);1-2H3;1H/t19-;;/m1../s1. The van der Waals surface area contributed by atoms with Crippen molar-refractivity contribution in [3.8, 4) is 11.4 Å². The maximum Gasteiger partial charge on any atom is 0.416 e. The van der Waals surface area contributed by atoms with E-state index in [0.717, 1.165) is 43.2 Å². The van der Waals surface area contributed by atoms with E-state index in [0.29, 0.717) is 36.5 Å². The second-order valence-corrected chi connectivity index (χ2v) is 9.56. The number of aromatic nitrogens is 3. The van der Waals surface area contributed by atoms with Gasteiger partial charge >= 0.3 is 6.18 Å². The first-order valence-corrected chi connectivity index (χ1v) is 12.7. The molecule has 0 bridgehead atoms. The van der Waals surface area contributed by atoms with E-state index in [1.165, 1.54) is 0 Å². The molecule has 9 heteroatoms. The minimum absolute atomic E-state index is 0. The van der Waals surface area contributed by atoms with Gasteiger partial charge in [-0.05, 0) is 62.3 Å². The average Bonchev–Trinajstić information content (AvgIpc) is 3.56. The lowest BCUT2D eigenvalue weighted by atomic mass is 10.0. The predicted octanol–water partition coefficient (Wildman–Crippen LogP) is 6.63. The molecular weight excluding hydrogens is 479 g/mol. The predicted molar refractivity (Wildman–Crippen MR) is 139 cm³/mol. The number of anilines is 1. The molecule has 3 aromatic rings. The Kier molecular flexibility index (Phi) is 7.80. The monoisotopic (exact) mass is 513 g/mol. The Hall–Kier alpha value is -3.49. The SMILES string of the molecule is CC.Cc1ccc(-c2ncccn2)c(C(=O)N2CC3(CC3)C[C@H]2CCNc2cc(C(F)(F)F)ccn2)c1.[HH]. The van der Waals surface area contributed by atoms with Crippen LogP contribution in [0, 0.1) is 12.3 Å². The van der Waals surface area contributed by atoms with E-state index >= 15 is 0 Å². The number of hydrogen-bond acceptors (Lipinski definition) is 5. The molecule has 1 aliphatic heterocycles. The molecule has 6 nitrogen and oxygen atoms in total. The van der Waals surface area contributed by atoms with Gasteiger partial charge in [0, 0.05) is 44.7 Å². The van der Waals surface area contributed by atoms with Gasteiger partial charge in [-0.3, -0.25) is 4.79 Å². The fraction of sp³-hybridized carbons (Fsp3) is 0.429. The second-order valence-electron chi connectivity index (χ2n) is 9.56. The van der Waals surface area contributed by atoms with Crippen LogP contribution in [0.3, 0.4) is 0 Å². The van der Waals surface area contributed by atoms with Crippen molar-refractivity contribution < 1.29 is 19.4 Å². The molecule has 1 saturated heterocycles. The van der Waals surface area contributed by atoms with Crippen molar-refractivity contribution in [2.75, 3.05) is 18.4 Å². The third-order valence-electron chi connectivity index (χ3n) is 6.92. The van der Waals surface area contributed by atoms with Crippen LogP contribution in [-0.4, -0.2) is 44.9 Å². The number of aryl methyl sites for hydroxylation is 1. The first kappa shape index (κ1) is 26.6. The molecule has 1 aromatic carbocycles. The Morgan fingerprint density at radius 1 is 1.11 bits per heavy atom. The Morgan fingerprint density at radius 3 is 2.51 bits per heavy atom. The third kappa shape index (κ3) is 6.09. The highest BCUT2D eigenvalue weighted by Gasteiger charge is 2.53. The van der Waals surface area contributed by atoms with Crippen LogP contribution >= 0.6 is 0 Å². The van der Waals surface area contributed by atoms with E-state index < -0.39 is 11.7 Å². The molecule has 0 unspecified atom stereocenters. The van der Waals surface area contributed by atoms with Gasteiger partial charge in [0.2, 0.25) is 0 Å². The highest BCUT2D eigenvalue weighted by Crippen LogP contribution is 2.55. The Morgan fingerprint density at radius 2 is 1.84 bits per heavy atom. The molecule has 1 spiro atoms. The van der Waals surface area contributed by atoms with Crippen LogP contribution < -0.4 is 5.32 Å². The molecule has 2 aromatic heterocycles. The van der Waals surface area contributed by atoms with Gasteiger partial charge in [-0.25, -0.2) is 15.0 Å². The van der Waals surface area contributed by atoms with Crippen molar-refractivity contribution >= 4 is 11.7 Å². The number of hydrogen-bond donors (Lipinski definition) is 1. The van der Waals surface area contributed by atoms with Crippen LogP contribution in [0.2, 0.25) is 0 Å². The lowest BCUT2D eigenvalue weighted by Gasteiger charge is -2.26. The summed E-state index contributed by atoms with van der Waals surface area (Å²) in [6.45, 7) is 7.06. The van der Waals surface area contributed by atoms with Crippen molar-refractivity contribution in [1.82, 2.24) is 19.9 Å². The molecule has 0 radical (unpaired) electrons. The maximum atomic E-state index is 13.8. The zero-order valence-corrected chi connectivity index (χ0v) is 21.3. The topological polar surface area (TPSA) is 71.0 Å². The molecule has 5 rings (SSSR count). The molecule has 1 N–H and O–H groups in total. The van der Waals surface area contributed by atoms with Crippen LogP contribution in [0.5, 0.6) is 0 Å². The number of benzene rings is 1. The quantitative estimate of drug-likeness (QED) is 0.400. The fourth-order valence-corrected chi connectivity index (χ4v) is 4.89. The van der Waals surface area contributed by atoms with E-state index in [9.17, 15) is 18.0 Å². The van der Waals surface area contributed by atoms with Crippen molar-refractivity contribution in [3.63, 3.8) is 0 Å². The lowest BCUT2D eigenvalue weighted by Crippen LogP contribution is -2.37. The van der Waals surface area contributed by atoms with E-state index in [4.69, 9.17) is 0 Å². The van der Waals surface area contributed by atoms with Gasteiger partial charge in [0.15, 0.2) is 5.82 Å². The molecule has 1 saturated carbocycles. The smallest absolute Gasteiger partial charge is 0.370 e. The molecule has 2 fully saturated rings. The van der Waals surface area contributed by atoms with Crippen molar-refractivity contribution in [3.05, 3.63) is 71.7 Å². The van der Waals surface area contributed by atoms with Crippen LogP contribution in [-0.2, 0) is 6.18 Å². The summed E-state index contributed by atoms with van der Waals surface area (Å²) in [6.07, 6.45) is 3.76. The first-order valence-electron chi connectivity index (χ1n) is 12.7. The zero-order valence-electron chi connectivity index (χ0n) is 21.3. The van der Waals surface area contributed by atoms with E-state index in [2.05, 4.69) is 20.3 Å². The lowest BCUT2D eigenvalue weighted by molar-refractivity contribution is -0.137. The molecule has 198 valence electrons. The summed E-state index contributed by atoms with van der Waals surface area (Å²) in [5.74, 6) is 0.631. The normalized spacial score (nSPS) is 17.8. The number of nitrogens with one attached hydrogen (secondary N) is 1. The second kappa shape index (κ2) is 10.9. The first-order chi connectivity index (χ1) is 17.7. The summed E-state index contributed by atoms with van der Waals surface area (Å²) < 4.78 is 39.0. The van der Waals surface area contributed by atoms with Crippen LogP contribution in [0.25, 0.3) is 11.4 Å². The summed E-state index contributed by atoms with van der Waals surface area (Å²) in [4.78, 5) is 28.4. The summed E-state index contributed by atoms with van der Waals surface area (Å²) >= 11 is 0. The summed E-state index contributed by atoms with van der Waals surface area (Å²) in [7, 11) is 0. The van der Waals surface area contributed by atoms with Gasteiger partial charge in [0.1, 0.15) is 5.82 Å². The van der Waals surface area contributed by atoms with Crippen LogP contribution in [0.4, 0.5) is 19.0 Å². The Balaban J connectivity index is 0.00000130. The van der Waals surface area contributed by atoms with Gasteiger partial charge < -0.3 is 10.2 Å². The largest absolute Gasteiger partial charge is 0.416 e. The van der Waals surface area contributed by atoms with Gasteiger partial charge in [0.05, 0.1) is 11.1 Å². The van der Waals surface area contributed by atoms with Gasteiger partial charge in [-0.15, -0.1) is 0 Å². The van der Waals surface area contributed by atoms with Crippen LogP contribution in [0.15, 0.2) is 55.0 Å². The molecule has 3 heterocycles. The van der Waals surface area contributed by atoms with Crippen molar-refractivity contribution in [1.29, 1.82) is 0 Å². The van der Waals surface area contributed by atoms with Gasteiger partial charge in [0.25, 0.3) is 5.91 Å². The van der Waals surface area contributed by atoms with Gasteiger partial charge in [-0.2, -0.15) is 13.2 Å². The zero-order chi connectivity index (χ0) is 26.6. The number of amides is 1. The number of carbonyl (C=O) groups is 1. The number of nitrogens with zero attached hydrogens (tertiary/aromatic N) is 4.